The minimum absolute atomic E-state index is 0.0801. The Morgan fingerprint density at radius 1 is 1.19 bits per heavy atom. The largest absolute Gasteiger partial charge is 0.298 e. The second-order valence-electron chi connectivity index (χ2n) is 7.11. The van der Waals surface area contributed by atoms with Gasteiger partial charge in [0.15, 0.2) is 5.13 Å². The van der Waals surface area contributed by atoms with Gasteiger partial charge in [0.25, 0.3) is 5.91 Å². The second-order valence-corrected chi connectivity index (χ2v) is 8.19. The average Bonchev–Trinajstić information content (AvgIpc) is 3.06. The van der Waals surface area contributed by atoms with Gasteiger partial charge >= 0.3 is 0 Å². The van der Waals surface area contributed by atoms with E-state index in [0.29, 0.717) is 10.7 Å². The molecule has 1 N–H and O–H groups in total. The molecular weight excluding hydrogens is 354 g/mol. The normalized spacial score (nSPS) is 14.0. The van der Waals surface area contributed by atoms with E-state index >= 15 is 0 Å². The summed E-state index contributed by atoms with van der Waals surface area (Å²) in [5.41, 5.74) is 5.23. The van der Waals surface area contributed by atoms with Gasteiger partial charge in [-0.3, -0.25) is 15.0 Å². The summed E-state index contributed by atoms with van der Waals surface area (Å²) >= 11 is 1.60. The van der Waals surface area contributed by atoms with E-state index in [1.165, 1.54) is 10.4 Å². The topological polar surface area (TPSA) is 45.2 Å². The fourth-order valence-corrected chi connectivity index (χ4v) is 4.47. The van der Waals surface area contributed by atoms with Crippen molar-refractivity contribution in [3.05, 3.63) is 81.4 Å². The van der Waals surface area contributed by atoms with E-state index in [2.05, 4.69) is 39.5 Å². The van der Waals surface area contributed by atoms with Crippen LogP contribution in [0, 0.1) is 13.8 Å². The molecule has 3 aromatic rings. The number of nitrogens with zero attached hydrogens (tertiary/aromatic N) is 2. The van der Waals surface area contributed by atoms with Crippen molar-refractivity contribution in [1.82, 2.24) is 9.88 Å². The van der Waals surface area contributed by atoms with Gasteiger partial charge in [0.05, 0.1) is 5.69 Å². The quantitative estimate of drug-likeness (QED) is 0.724. The number of rotatable bonds is 4. The molecule has 0 bridgehead atoms. The standard InChI is InChI=1S/C22H23N3OS/c1-15-8-9-16(2)18(12-15)21(26)24-22-23-19-10-11-25(14-20(19)27-22)13-17-6-4-3-5-7-17/h3-9,12H,10-11,13-14H2,1-2H3,(H,23,24,26). The highest BCUT2D eigenvalue weighted by Gasteiger charge is 2.22. The number of benzene rings is 2. The second kappa shape index (κ2) is 7.62. The summed E-state index contributed by atoms with van der Waals surface area (Å²) in [6.45, 7) is 6.79. The molecule has 5 heteroatoms. The number of amides is 1. The fraction of sp³-hybridized carbons (Fsp3) is 0.273. The van der Waals surface area contributed by atoms with Crippen molar-refractivity contribution in [1.29, 1.82) is 0 Å². The number of carbonyl (C=O) groups excluding carboxylic acids is 1. The van der Waals surface area contributed by atoms with Crippen LogP contribution in [0.3, 0.4) is 0 Å². The molecule has 0 atom stereocenters. The zero-order valence-electron chi connectivity index (χ0n) is 15.7. The number of fused-ring (bicyclic) bond motifs is 1. The van der Waals surface area contributed by atoms with Crippen LogP contribution in [0.2, 0.25) is 0 Å². The number of aromatic nitrogens is 1. The molecule has 4 nitrogen and oxygen atoms in total. The molecule has 0 aliphatic carbocycles. The number of anilines is 1. The Bertz CT molecular complexity index is 965. The average molecular weight is 378 g/mol. The van der Waals surface area contributed by atoms with Crippen LogP contribution in [0.15, 0.2) is 48.5 Å². The van der Waals surface area contributed by atoms with E-state index in [9.17, 15) is 4.79 Å². The van der Waals surface area contributed by atoms with Gasteiger partial charge in [0, 0.05) is 36.5 Å². The first-order valence-electron chi connectivity index (χ1n) is 9.22. The summed E-state index contributed by atoms with van der Waals surface area (Å²) in [5, 5.41) is 3.70. The molecule has 1 aromatic heterocycles. The third kappa shape index (κ3) is 4.10. The minimum atomic E-state index is -0.0801. The predicted octanol–water partition coefficient (Wildman–Crippen LogP) is 4.57. The van der Waals surface area contributed by atoms with Gasteiger partial charge in [-0.1, -0.05) is 48.0 Å². The monoisotopic (exact) mass is 377 g/mol. The smallest absolute Gasteiger partial charge is 0.257 e. The van der Waals surface area contributed by atoms with E-state index < -0.39 is 0 Å². The molecule has 0 spiro atoms. The van der Waals surface area contributed by atoms with E-state index in [4.69, 9.17) is 0 Å². The van der Waals surface area contributed by atoms with Gasteiger partial charge in [-0.25, -0.2) is 4.98 Å². The van der Waals surface area contributed by atoms with E-state index in [1.807, 2.05) is 38.1 Å². The van der Waals surface area contributed by atoms with Crippen LogP contribution in [0.5, 0.6) is 0 Å². The van der Waals surface area contributed by atoms with Gasteiger partial charge in [-0.05, 0) is 31.0 Å². The lowest BCUT2D eigenvalue weighted by Crippen LogP contribution is -2.29. The van der Waals surface area contributed by atoms with Crippen molar-refractivity contribution in [2.45, 2.75) is 33.4 Å². The first-order chi connectivity index (χ1) is 13.1. The maximum atomic E-state index is 12.7. The Hall–Kier alpha value is -2.50. The number of thiazole rings is 1. The zero-order valence-corrected chi connectivity index (χ0v) is 16.5. The molecule has 138 valence electrons. The lowest BCUT2D eigenvalue weighted by Gasteiger charge is -2.25. The zero-order chi connectivity index (χ0) is 18.8. The lowest BCUT2D eigenvalue weighted by atomic mass is 10.1. The molecule has 2 heterocycles. The Labute approximate surface area is 163 Å². The number of nitrogens with one attached hydrogen (secondary N) is 1. The Morgan fingerprint density at radius 3 is 2.81 bits per heavy atom. The molecule has 1 aliphatic rings. The lowest BCUT2D eigenvalue weighted by molar-refractivity contribution is 0.102. The van der Waals surface area contributed by atoms with Gasteiger partial charge in [0.1, 0.15) is 0 Å². The molecule has 2 aromatic carbocycles. The summed E-state index contributed by atoms with van der Waals surface area (Å²) < 4.78 is 0. The maximum absolute atomic E-state index is 12.7. The molecule has 0 radical (unpaired) electrons. The van der Waals surface area contributed by atoms with Gasteiger partial charge in [-0.2, -0.15) is 0 Å². The number of hydrogen-bond acceptors (Lipinski definition) is 4. The number of aryl methyl sites for hydroxylation is 2. The molecular formula is C22H23N3OS. The van der Waals surface area contributed by atoms with Crippen LogP contribution in [0.1, 0.15) is 37.6 Å². The Kier molecular flexibility index (Phi) is 5.05. The van der Waals surface area contributed by atoms with Crippen LogP contribution in [0.25, 0.3) is 0 Å². The third-order valence-electron chi connectivity index (χ3n) is 4.92. The van der Waals surface area contributed by atoms with Gasteiger partial charge in [-0.15, -0.1) is 11.3 Å². The molecule has 0 saturated carbocycles. The number of carbonyl (C=O) groups is 1. The highest BCUT2D eigenvalue weighted by Crippen LogP contribution is 2.29. The molecule has 0 fully saturated rings. The Morgan fingerprint density at radius 2 is 2.00 bits per heavy atom. The van der Waals surface area contributed by atoms with Crippen LogP contribution < -0.4 is 5.32 Å². The molecule has 27 heavy (non-hydrogen) atoms. The summed E-state index contributed by atoms with van der Waals surface area (Å²) in [4.78, 5) is 21.0. The SMILES string of the molecule is Cc1ccc(C)c(C(=O)Nc2nc3c(s2)CN(Cc2ccccc2)CC3)c1. The molecule has 0 unspecified atom stereocenters. The Balaban J connectivity index is 1.45. The van der Waals surface area contributed by atoms with Crippen molar-refractivity contribution in [2.24, 2.45) is 0 Å². The molecule has 4 rings (SSSR count). The first kappa shape index (κ1) is 17.9. The first-order valence-corrected chi connectivity index (χ1v) is 10.0. The van der Waals surface area contributed by atoms with E-state index in [-0.39, 0.29) is 5.91 Å². The highest BCUT2D eigenvalue weighted by molar-refractivity contribution is 7.15. The van der Waals surface area contributed by atoms with E-state index in [1.54, 1.807) is 11.3 Å². The van der Waals surface area contributed by atoms with Gasteiger partial charge in [0.2, 0.25) is 0 Å². The van der Waals surface area contributed by atoms with Crippen LogP contribution in [-0.4, -0.2) is 22.3 Å². The van der Waals surface area contributed by atoms with Crippen LogP contribution in [-0.2, 0) is 19.5 Å². The maximum Gasteiger partial charge on any atom is 0.257 e. The third-order valence-corrected chi connectivity index (χ3v) is 5.92. The van der Waals surface area contributed by atoms with Crippen molar-refractivity contribution >= 4 is 22.4 Å². The van der Waals surface area contributed by atoms with Crippen LogP contribution in [0.4, 0.5) is 5.13 Å². The molecule has 1 aliphatic heterocycles. The fourth-order valence-electron chi connectivity index (χ4n) is 3.42. The van der Waals surface area contributed by atoms with Crippen LogP contribution >= 0.6 is 11.3 Å². The minimum Gasteiger partial charge on any atom is -0.298 e. The number of hydrogen-bond donors (Lipinski definition) is 1. The van der Waals surface area contributed by atoms with Gasteiger partial charge < -0.3 is 0 Å². The van der Waals surface area contributed by atoms with Crippen molar-refractivity contribution < 1.29 is 4.79 Å². The summed E-state index contributed by atoms with van der Waals surface area (Å²) in [5.74, 6) is -0.0801. The van der Waals surface area contributed by atoms with Crippen molar-refractivity contribution in [3.63, 3.8) is 0 Å². The molecule has 1 amide bonds. The van der Waals surface area contributed by atoms with Crippen molar-refractivity contribution in [2.75, 3.05) is 11.9 Å². The summed E-state index contributed by atoms with van der Waals surface area (Å²) in [7, 11) is 0. The summed E-state index contributed by atoms with van der Waals surface area (Å²) in [6.07, 6.45) is 0.929. The highest BCUT2D eigenvalue weighted by atomic mass is 32.1. The summed E-state index contributed by atoms with van der Waals surface area (Å²) in [6, 6.07) is 16.5. The van der Waals surface area contributed by atoms with E-state index in [0.717, 1.165) is 42.9 Å². The van der Waals surface area contributed by atoms with Crippen molar-refractivity contribution in [3.8, 4) is 0 Å². The molecule has 0 saturated heterocycles. The predicted molar refractivity (Wildman–Crippen MR) is 110 cm³/mol.